The van der Waals surface area contributed by atoms with Gasteiger partial charge in [0.15, 0.2) is 0 Å². The Hall–Kier alpha value is -0.380. The van der Waals surface area contributed by atoms with Crippen molar-refractivity contribution in [2.45, 2.75) is 26.9 Å². The predicted octanol–water partition coefficient (Wildman–Crippen LogP) is 3.60. The van der Waals surface area contributed by atoms with Crippen molar-refractivity contribution in [1.82, 2.24) is 5.32 Å². The van der Waals surface area contributed by atoms with Gasteiger partial charge in [-0.2, -0.15) is 0 Å². The van der Waals surface area contributed by atoms with Crippen LogP contribution < -0.4 is 5.32 Å². The second-order valence-corrected chi connectivity index (χ2v) is 5.27. The molecule has 0 aliphatic carbocycles. The molecule has 1 unspecified atom stereocenters. The summed E-state index contributed by atoms with van der Waals surface area (Å²) in [6, 6.07) is 8.19. The van der Waals surface area contributed by atoms with Gasteiger partial charge in [-0.15, -0.1) is 0 Å². The van der Waals surface area contributed by atoms with Gasteiger partial charge in [0.05, 0.1) is 13.2 Å². The zero-order valence-corrected chi connectivity index (χ0v) is 12.3. The van der Waals surface area contributed by atoms with E-state index in [4.69, 9.17) is 4.74 Å². The fourth-order valence-corrected chi connectivity index (χ4v) is 1.97. The Morgan fingerprint density at radius 3 is 2.82 bits per heavy atom. The molecule has 0 aliphatic rings. The summed E-state index contributed by atoms with van der Waals surface area (Å²) in [5.41, 5.74) is 1.21. The number of rotatable bonds is 8. The molecule has 0 amide bonds. The topological polar surface area (TPSA) is 21.3 Å². The number of hydrogen-bond acceptors (Lipinski definition) is 2. The van der Waals surface area contributed by atoms with E-state index in [0.717, 1.165) is 24.2 Å². The van der Waals surface area contributed by atoms with Crippen LogP contribution in [-0.4, -0.2) is 19.7 Å². The van der Waals surface area contributed by atoms with Gasteiger partial charge in [-0.1, -0.05) is 48.0 Å². The van der Waals surface area contributed by atoms with Crippen LogP contribution in [0, 0.1) is 5.92 Å². The van der Waals surface area contributed by atoms with Crippen molar-refractivity contribution in [2.75, 3.05) is 19.7 Å². The molecule has 0 aromatic heterocycles. The molecular formula is C14H22BrNO. The average Bonchev–Trinajstić information content (AvgIpc) is 2.32. The molecule has 1 N–H and O–H groups in total. The third kappa shape index (κ3) is 6.20. The van der Waals surface area contributed by atoms with Gasteiger partial charge in [0.1, 0.15) is 0 Å². The Balaban J connectivity index is 2.17. The van der Waals surface area contributed by atoms with Gasteiger partial charge >= 0.3 is 0 Å². The number of halogens is 1. The fourth-order valence-electron chi connectivity index (χ4n) is 1.57. The molecule has 1 aromatic carbocycles. The molecule has 0 heterocycles. The molecule has 0 radical (unpaired) electrons. The normalized spacial score (nSPS) is 12.6. The molecular weight excluding hydrogens is 278 g/mol. The van der Waals surface area contributed by atoms with E-state index >= 15 is 0 Å². The highest BCUT2D eigenvalue weighted by Crippen LogP contribution is 2.16. The summed E-state index contributed by atoms with van der Waals surface area (Å²) >= 11 is 3.52. The Kier molecular flexibility index (Phi) is 7.49. The summed E-state index contributed by atoms with van der Waals surface area (Å²) in [5, 5.41) is 3.41. The summed E-state index contributed by atoms with van der Waals surface area (Å²) in [4.78, 5) is 0. The average molecular weight is 300 g/mol. The van der Waals surface area contributed by atoms with Gasteiger partial charge in [-0.25, -0.2) is 0 Å². The molecule has 0 aliphatic heterocycles. The van der Waals surface area contributed by atoms with Crippen LogP contribution in [0.4, 0.5) is 0 Å². The van der Waals surface area contributed by atoms with Crippen LogP contribution in [0.5, 0.6) is 0 Å². The lowest BCUT2D eigenvalue weighted by Crippen LogP contribution is -2.24. The first-order valence-electron chi connectivity index (χ1n) is 6.26. The Labute approximate surface area is 113 Å². The van der Waals surface area contributed by atoms with Gasteiger partial charge in [-0.3, -0.25) is 0 Å². The third-order valence-corrected chi connectivity index (χ3v) is 3.31. The summed E-state index contributed by atoms with van der Waals surface area (Å²) in [5.74, 6) is 0.559. The fraction of sp³-hybridized carbons (Fsp3) is 0.571. The number of benzene rings is 1. The summed E-state index contributed by atoms with van der Waals surface area (Å²) < 4.78 is 6.85. The maximum Gasteiger partial charge on any atom is 0.0727 e. The zero-order chi connectivity index (χ0) is 12.5. The summed E-state index contributed by atoms with van der Waals surface area (Å²) in [7, 11) is 0. The second-order valence-electron chi connectivity index (χ2n) is 4.42. The van der Waals surface area contributed by atoms with E-state index < -0.39 is 0 Å². The lowest BCUT2D eigenvalue weighted by Gasteiger charge is -2.13. The Morgan fingerprint density at radius 2 is 2.12 bits per heavy atom. The Bertz CT molecular complexity index is 317. The molecule has 0 spiro atoms. The van der Waals surface area contributed by atoms with Gasteiger partial charge in [0.2, 0.25) is 0 Å². The van der Waals surface area contributed by atoms with Gasteiger partial charge < -0.3 is 10.1 Å². The van der Waals surface area contributed by atoms with Crippen molar-refractivity contribution in [1.29, 1.82) is 0 Å². The molecule has 17 heavy (non-hydrogen) atoms. The third-order valence-electron chi connectivity index (χ3n) is 2.54. The van der Waals surface area contributed by atoms with E-state index in [-0.39, 0.29) is 0 Å². The molecule has 0 saturated carbocycles. The first kappa shape index (κ1) is 14.7. The molecule has 0 saturated heterocycles. The van der Waals surface area contributed by atoms with E-state index in [9.17, 15) is 0 Å². The van der Waals surface area contributed by atoms with Crippen LogP contribution in [-0.2, 0) is 11.3 Å². The number of ether oxygens (including phenoxy) is 1. The largest absolute Gasteiger partial charge is 0.376 e. The number of nitrogens with one attached hydrogen (secondary N) is 1. The second kappa shape index (κ2) is 8.67. The SMILES string of the molecule is CCCNCC(C)COCc1ccccc1Br. The van der Waals surface area contributed by atoms with Gasteiger partial charge in [0.25, 0.3) is 0 Å². The molecule has 2 nitrogen and oxygen atoms in total. The van der Waals surface area contributed by atoms with Crippen LogP contribution in [0.2, 0.25) is 0 Å². The van der Waals surface area contributed by atoms with Crippen LogP contribution in [0.25, 0.3) is 0 Å². The van der Waals surface area contributed by atoms with Gasteiger partial charge in [0, 0.05) is 4.47 Å². The van der Waals surface area contributed by atoms with E-state index in [1.807, 2.05) is 18.2 Å². The Morgan fingerprint density at radius 1 is 1.35 bits per heavy atom. The first-order valence-corrected chi connectivity index (χ1v) is 7.05. The maximum absolute atomic E-state index is 5.72. The molecule has 0 bridgehead atoms. The molecule has 1 rings (SSSR count). The highest BCUT2D eigenvalue weighted by Gasteiger charge is 2.03. The van der Waals surface area contributed by atoms with E-state index in [1.165, 1.54) is 12.0 Å². The van der Waals surface area contributed by atoms with E-state index in [1.54, 1.807) is 0 Å². The maximum atomic E-state index is 5.72. The monoisotopic (exact) mass is 299 g/mol. The quantitative estimate of drug-likeness (QED) is 0.741. The molecule has 1 aromatic rings. The molecule has 0 fully saturated rings. The van der Waals surface area contributed by atoms with Crippen molar-refractivity contribution in [3.63, 3.8) is 0 Å². The molecule has 3 heteroatoms. The molecule has 1 atom stereocenters. The smallest absolute Gasteiger partial charge is 0.0727 e. The van der Waals surface area contributed by atoms with Crippen molar-refractivity contribution < 1.29 is 4.74 Å². The molecule has 96 valence electrons. The minimum absolute atomic E-state index is 0.559. The predicted molar refractivity (Wildman–Crippen MR) is 76.1 cm³/mol. The standard InChI is InChI=1S/C14H22BrNO/c1-3-8-16-9-12(2)10-17-11-13-6-4-5-7-14(13)15/h4-7,12,16H,3,8-11H2,1-2H3. The van der Waals surface area contributed by atoms with Crippen LogP contribution in [0.15, 0.2) is 28.7 Å². The van der Waals surface area contributed by atoms with Crippen molar-refractivity contribution in [3.05, 3.63) is 34.3 Å². The van der Waals surface area contributed by atoms with Crippen molar-refractivity contribution in [3.8, 4) is 0 Å². The van der Waals surface area contributed by atoms with E-state index in [0.29, 0.717) is 12.5 Å². The summed E-state index contributed by atoms with van der Waals surface area (Å²) in [6.45, 7) is 8.00. The lowest BCUT2D eigenvalue weighted by atomic mass is 10.2. The minimum atomic E-state index is 0.559. The van der Waals surface area contributed by atoms with Crippen LogP contribution in [0.3, 0.4) is 0 Å². The summed E-state index contributed by atoms with van der Waals surface area (Å²) in [6.07, 6.45) is 1.19. The van der Waals surface area contributed by atoms with Crippen LogP contribution >= 0.6 is 15.9 Å². The van der Waals surface area contributed by atoms with Crippen LogP contribution in [0.1, 0.15) is 25.8 Å². The minimum Gasteiger partial charge on any atom is -0.376 e. The van der Waals surface area contributed by atoms with E-state index in [2.05, 4.69) is 41.2 Å². The van der Waals surface area contributed by atoms with Crippen molar-refractivity contribution >= 4 is 15.9 Å². The lowest BCUT2D eigenvalue weighted by molar-refractivity contribution is 0.0915. The highest BCUT2D eigenvalue weighted by molar-refractivity contribution is 9.10. The number of hydrogen-bond donors (Lipinski definition) is 1. The first-order chi connectivity index (χ1) is 8.24. The van der Waals surface area contributed by atoms with Gasteiger partial charge in [-0.05, 0) is 37.1 Å². The van der Waals surface area contributed by atoms with Crippen molar-refractivity contribution in [2.24, 2.45) is 5.92 Å². The highest BCUT2D eigenvalue weighted by atomic mass is 79.9. The zero-order valence-electron chi connectivity index (χ0n) is 10.7.